The van der Waals surface area contributed by atoms with E-state index in [9.17, 15) is 9.59 Å². The SMILES string of the molecule is CCOC(=O)CCc1c[nH]c(C(=O)OCC)c1C. The normalized spacial score (nSPS) is 10.2. The van der Waals surface area contributed by atoms with Gasteiger partial charge in [-0.1, -0.05) is 0 Å². The van der Waals surface area contributed by atoms with E-state index in [4.69, 9.17) is 9.47 Å². The Morgan fingerprint density at radius 1 is 1.22 bits per heavy atom. The van der Waals surface area contributed by atoms with Crippen molar-refractivity contribution in [3.63, 3.8) is 0 Å². The Morgan fingerprint density at radius 2 is 1.89 bits per heavy atom. The van der Waals surface area contributed by atoms with Crippen molar-refractivity contribution in [2.45, 2.75) is 33.6 Å². The number of hydrogen-bond donors (Lipinski definition) is 1. The van der Waals surface area contributed by atoms with Gasteiger partial charge in [-0.2, -0.15) is 0 Å². The Kier molecular flexibility index (Phi) is 5.42. The second kappa shape index (κ2) is 6.83. The molecule has 18 heavy (non-hydrogen) atoms. The first kappa shape index (κ1) is 14.3. The lowest BCUT2D eigenvalue weighted by atomic mass is 10.1. The Balaban J connectivity index is 2.63. The van der Waals surface area contributed by atoms with Crippen LogP contribution in [0.4, 0.5) is 0 Å². The van der Waals surface area contributed by atoms with E-state index >= 15 is 0 Å². The van der Waals surface area contributed by atoms with Gasteiger partial charge in [-0.05, 0) is 38.3 Å². The van der Waals surface area contributed by atoms with Crippen LogP contribution in [0.5, 0.6) is 0 Å². The number of H-pyrrole nitrogens is 1. The number of aromatic nitrogens is 1. The minimum absolute atomic E-state index is 0.226. The zero-order chi connectivity index (χ0) is 13.5. The van der Waals surface area contributed by atoms with Crippen LogP contribution in [0.3, 0.4) is 0 Å². The molecule has 1 aromatic rings. The molecular formula is C13H19NO4. The van der Waals surface area contributed by atoms with Crippen molar-refractivity contribution >= 4 is 11.9 Å². The first-order valence-corrected chi connectivity index (χ1v) is 6.09. The van der Waals surface area contributed by atoms with Gasteiger partial charge in [0.1, 0.15) is 5.69 Å². The van der Waals surface area contributed by atoms with E-state index in [2.05, 4.69) is 4.98 Å². The van der Waals surface area contributed by atoms with E-state index in [-0.39, 0.29) is 11.9 Å². The van der Waals surface area contributed by atoms with E-state index < -0.39 is 0 Å². The summed E-state index contributed by atoms with van der Waals surface area (Å²) in [6.45, 7) is 6.11. The van der Waals surface area contributed by atoms with Gasteiger partial charge in [0.25, 0.3) is 0 Å². The third-order valence-electron chi connectivity index (χ3n) is 2.63. The summed E-state index contributed by atoms with van der Waals surface area (Å²) < 4.78 is 9.78. The first-order valence-electron chi connectivity index (χ1n) is 6.09. The summed E-state index contributed by atoms with van der Waals surface area (Å²) in [6.07, 6.45) is 2.61. The summed E-state index contributed by atoms with van der Waals surface area (Å²) >= 11 is 0. The van der Waals surface area contributed by atoms with Crippen molar-refractivity contribution in [3.8, 4) is 0 Å². The number of carbonyl (C=O) groups is 2. The zero-order valence-electron chi connectivity index (χ0n) is 11.0. The molecule has 0 aliphatic rings. The molecule has 1 heterocycles. The average molecular weight is 253 g/mol. The molecule has 0 bridgehead atoms. The maximum atomic E-state index is 11.6. The van der Waals surface area contributed by atoms with Crippen LogP contribution in [0, 0.1) is 6.92 Å². The molecule has 100 valence electrons. The van der Waals surface area contributed by atoms with E-state index in [1.807, 2.05) is 6.92 Å². The minimum Gasteiger partial charge on any atom is -0.466 e. The number of rotatable bonds is 6. The average Bonchev–Trinajstić information content (AvgIpc) is 2.69. The third kappa shape index (κ3) is 3.61. The van der Waals surface area contributed by atoms with Crippen molar-refractivity contribution in [2.75, 3.05) is 13.2 Å². The molecule has 5 heteroatoms. The highest BCUT2D eigenvalue weighted by molar-refractivity contribution is 5.89. The Hall–Kier alpha value is -1.78. The van der Waals surface area contributed by atoms with Crippen molar-refractivity contribution < 1.29 is 19.1 Å². The van der Waals surface area contributed by atoms with Crippen LogP contribution < -0.4 is 0 Å². The van der Waals surface area contributed by atoms with Gasteiger partial charge in [-0.25, -0.2) is 4.79 Å². The lowest BCUT2D eigenvalue weighted by molar-refractivity contribution is -0.143. The number of aromatic amines is 1. The van der Waals surface area contributed by atoms with Crippen molar-refractivity contribution in [1.29, 1.82) is 0 Å². The predicted octanol–water partition coefficient (Wildman–Crippen LogP) is 2.00. The van der Waals surface area contributed by atoms with Gasteiger partial charge in [0.15, 0.2) is 0 Å². The summed E-state index contributed by atoms with van der Waals surface area (Å²) in [6, 6.07) is 0. The number of ether oxygens (including phenoxy) is 2. The summed E-state index contributed by atoms with van der Waals surface area (Å²) in [7, 11) is 0. The highest BCUT2D eigenvalue weighted by Crippen LogP contribution is 2.16. The van der Waals surface area contributed by atoms with Crippen LogP contribution in [-0.4, -0.2) is 30.1 Å². The molecule has 0 radical (unpaired) electrons. The smallest absolute Gasteiger partial charge is 0.355 e. The van der Waals surface area contributed by atoms with Crippen LogP contribution in [0.15, 0.2) is 6.20 Å². The second-order valence-electron chi connectivity index (χ2n) is 3.84. The molecule has 0 saturated carbocycles. The Morgan fingerprint density at radius 3 is 2.50 bits per heavy atom. The highest BCUT2D eigenvalue weighted by Gasteiger charge is 2.15. The molecule has 0 amide bonds. The van der Waals surface area contributed by atoms with Crippen molar-refractivity contribution in [2.24, 2.45) is 0 Å². The number of nitrogens with one attached hydrogen (secondary N) is 1. The van der Waals surface area contributed by atoms with Gasteiger partial charge in [0, 0.05) is 12.6 Å². The summed E-state index contributed by atoms with van der Waals surface area (Å²) in [5.74, 6) is -0.590. The largest absolute Gasteiger partial charge is 0.466 e. The van der Waals surface area contributed by atoms with E-state index in [0.717, 1.165) is 11.1 Å². The molecule has 1 rings (SSSR count). The fraction of sp³-hybridized carbons (Fsp3) is 0.538. The molecule has 1 N–H and O–H groups in total. The number of hydrogen-bond acceptors (Lipinski definition) is 4. The van der Waals surface area contributed by atoms with Crippen molar-refractivity contribution in [3.05, 3.63) is 23.0 Å². The predicted molar refractivity (Wildman–Crippen MR) is 66.4 cm³/mol. The van der Waals surface area contributed by atoms with Crippen LogP contribution in [0.25, 0.3) is 0 Å². The Bertz CT molecular complexity index is 423. The van der Waals surface area contributed by atoms with E-state index in [1.54, 1.807) is 20.0 Å². The zero-order valence-corrected chi connectivity index (χ0v) is 11.0. The quantitative estimate of drug-likeness (QED) is 0.787. The number of aryl methyl sites for hydroxylation is 1. The lowest BCUT2D eigenvalue weighted by Crippen LogP contribution is -2.07. The fourth-order valence-corrected chi connectivity index (χ4v) is 1.68. The van der Waals surface area contributed by atoms with E-state index in [0.29, 0.717) is 31.7 Å². The molecule has 5 nitrogen and oxygen atoms in total. The van der Waals surface area contributed by atoms with Gasteiger partial charge in [0.2, 0.25) is 0 Å². The molecular weight excluding hydrogens is 234 g/mol. The van der Waals surface area contributed by atoms with Crippen molar-refractivity contribution in [1.82, 2.24) is 4.98 Å². The molecule has 0 unspecified atom stereocenters. The Labute approximate surface area is 106 Å². The molecule has 0 aliphatic carbocycles. The summed E-state index contributed by atoms with van der Waals surface area (Å²) in [5, 5.41) is 0. The number of carbonyl (C=O) groups excluding carboxylic acids is 2. The molecule has 0 spiro atoms. The third-order valence-corrected chi connectivity index (χ3v) is 2.63. The maximum Gasteiger partial charge on any atom is 0.355 e. The fourth-order valence-electron chi connectivity index (χ4n) is 1.68. The molecule has 1 aromatic heterocycles. The van der Waals surface area contributed by atoms with Gasteiger partial charge in [-0.3, -0.25) is 4.79 Å². The summed E-state index contributed by atoms with van der Waals surface area (Å²) in [5.41, 5.74) is 2.22. The molecule has 0 fully saturated rings. The topological polar surface area (TPSA) is 68.4 Å². The molecule has 0 aromatic carbocycles. The van der Waals surface area contributed by atoms with E-state index in [1.165, 1.54) is 0 Å². The van der Waals surface area contributed by atoms with Gasteiger partial charge in [0.05, 0.1) is 13.2 Å². The van der Waals surface area contributed by atoms with Crippen LogP contribution in [-0.2, 0) is 20.7 Å². The monoisotopic (exact) mass is 253 g/mol. The molecule has 0 aliphatic heterocycles. The summed E-state index contributed by atoms with van der Waals surface area (Å²) in [4.78, 5) is 25.7. The standard InChI is InChI=1S/C13H19NO4/c1-4-17-11(15)7-6-10-8-14-12(9(10)3)13(16)18-5-2/h8,14H,4-7H2,1-3H3. The highest BCUT2D eigenvalue weighted by atomic mass is 16.5. The molecule has 0 atom stereocenters. The van der Waals surface area contributed by atoms with Gasteiger partial charge in [-0.15, -0.1) is 0 Å². The number of esters is 2. The van der Waals surface area contributed by atoms with Crippen LogP contribution in [0.2, 0.25) is 0 Å². The van der Waals surface area contributed by atoms with Crippen LogP contribution >= 0.6 is 0 Å². The maximum absolute atomic E-state index is 11.6. The van der Waals surface area contributed by atoms with Gasteiger partial charge >= 0.3 is 11.9 Å². The molecule has 0 saturated heterocycles. The first-order chi connectivity index (χ1) is 8.60. The van der Waals surface area contributed by atoms with Crippen LogP contribution in [0.1, 0.15) is 41.9 Å². The minimum atomic E-state index is -0.364. The second-order valence-corrected chi connectivity index (χ2v) is 3.84. The van der Waals surface area contributed by atoms with Gasteiger partial charge < -0.3 is 14.5 Å². The lowest BCUT2D eigenvalue weighted by Gasteiger charge is -2.03.